The van der Waals surface area contributed by atoms with Crippen LogP contribution in [0.4, 0.5) is 0 Å². The van der Waals surface area contributed by atoms with E-state index in [0.29, 0.717) is 24.6 Å². The van der Waals surface area contributed by atoms with Crippen LogP contribution in [0.2, 0.25) is 0 Å². The second kappa shape index (κ2) is 5.19. The molecule has 2 aliphatic rings. The Morgan fingerprint density at radius 2 is 2.36 bits per heavy atom. The summed E-state index contributed by atoms with van der Waals surface area (Å²) >= 11 is 2.06. The van der Waals surface area contributed by atoms with Crippen LogP contribution in [0.1, 0.15) is 19.3 Å². The molecule has 0 aromatic heterocycles. The zero-order valence-electron chi connectivity index (χ0n) is 8.48. The summed E-state index contributed by atoms with van der Waals surface area (Å²) in [5, 5.41) is 12.7. The number of aliphatic hydroxyl groups excluding tert-OH is 1. The summed E-state index contributed by atoms with van der Waals surface area (Å²) in [6.45, 7) is 0.300. The minimum atomic E-state index is 0.300. The van der Waals surface area contributed by atoms with E-state index in [4.69, 9.17) is 5.11 Å². The highest BCUT2D eigenvalue weighted by atomic mass is 32.2. The molecule has 1 fully saturated rings. The van der Waals surface area contributed by atoms with Gasteiger partial charge >= 0.3 is 0 Å². The highest BCUT2D eigenvalue weighted by Gasteiger charge is 2.21. The molecule has 0 amide bonds. The highest BCUT2D eigenvalue weighted by molar-refractivity contribution is 7.99. The molecule has 2 rings (SSSR count). The summed E-state index contributed by atoms with van der Waals surface area (Å²) in [5.74, 6) is 2.98. The zero-order valence-corrected chi connectivity index (χ0v) is 9.30. The van der Waals surface area contributed by atoms with Crippen LogP contribution in [0.3, 0.4) is 0 Å². The molecule has 0 radical (unpaired) electrons. The molecule has 3 atom stereocenters. The van der Waals surface area contributed by atoms with Gasteiger partial charge in [-0.15, -0.1) is 0 Å². The molecule has 2 nitrogen and oxygen atoms in total. The van der Waals surface area contributed by atoms with E-state index in [9.17, 15) is 0 Å². The molecule has 1 heterocycles. The Morgan fingerprint density at radius 1 is 1.43 bits per heavy atom. The molecule has 1 saturated heterocycles. The number of nitrogens with one attached hydrogen (secondary N) is 1. The summed E-state index contributed by atoms with van der Waals surface area (Å²) in [6, 6.07) is 1.21. The van der Waals surface area contributed by atoms with Crippen molar-refractivity contribution in [3.63, 3.8) is 0 Å². The van der Waals surface area contributed by atoms with E-state index < -0.39 is 0 Å². The minimum Gasteiger partial charge on any atom is -0.396 e. The van der Waals surface area contributed by atoms with Crippen molar-refractivity contribution in [1.29, 1.82) is 0 Å². The van der Waals surface area contributed by atoms with Gasteiger partial charge in [0.05, 0.1) is 0 Å². The van der Waals surface area contributed by atoms with Gasteiger partial charge in [-0.1, -0.05) is 12.2 Å². The fraction of sp³-hybridized carbons (Fsp3) is 0.818. The second-order valence-electron chi connectivity index (χ2n) is 4.25. The first-order chi connectivity index (χ1) is 6.88. The number of thioether (sulfide) groups is 1. The van der Waals surface area contributed by atoms with Crippen LogP contribution >= 0.6 is 11.8 Å². The average Bonchev–Trinajstić information content (AvgIpc) is 2.67. The lowest BCUT2D eigenvalue weighted by Gasteiger charge is -2.25. The predicted octanol–water partition coefficient (Wildman–Crippen LogP) is 1.41. The lowest BCUT2D eigenvalue weighted by atomic mass is 10.1. The van der Waals surface area contributed by atoms with Gasteiger partial charge in [-0.05, 0) is 25.0 Å². The Balaban J connectivity index is 1.73. The van der Waals surface area contributed by atoms with Gasteiger partial charge < -0.3 is 10.4 Å². The molecule has 14 heavy (non-hydrogen) atoms. The minimum absolute atomic E-state index is 0.300. The summed E-state index contributed by atoms with van der Waals surface area (Å²) in [5.41, 5.74) is 0. The van der Waals surface area contributed by atoms with Gasteiger partial charge in [-0.25, -0.2) is 0 Å². The van der Waals surface area contributed by atoms with E-state index in [1.807, 2.05) is 0 Å². The van der Waals surface area contributed by atoms with Crippen molar-refractivity contribution in [1.82, 2.24) is 5.32 Å². The van der Waals surface area contributed by atoms with E-state index in [2.05, 4.69) is 29.2 Å². The van der Waals surface area contributed by atoms with Crippen LogP contribution in [-0.4, -0.2) is 35.3 Å². The molecule has 0 spiro atoms. The SMILES string of the molecule is OC[C@H]1C=C[C@@H](NC2CCCSC2)C1. The molecule has 0 aromatic rings. The van der Waals surface area contributed by atoms with Crippen molar-refractivity contribution < 1.29 is 5.11 Å². The Kier molecular flexibility index (Phi) is 3.90. The summed E-state index contributed by atoms with van der Waals surface area (Å²) in [6.07, 6.45) is 8.12. The Bertz CT molecular complexity index is 201. The number of hydrogen-bond donors (Lipinski definition) is 2. The van der Waals surface area contributed by atoms with Crippen LogP contribution in [0.15, 0.2) is 12.2 Å². The smallest absolute Gasteiger partial charge is 0.0494 e. The van der Waals surface area contributed by atoms with Gasteiger partial charge in [0.1, 0.15) is 0 Å². The Hall–Kier alpha value is 0.01000. The van der Waals surface area contributed by atoms with Crippen molar-refractivity contribution in [3.05, 3.63) is 12.2 Å². The van der Waals surface area contributed by atoms with E-state index in [-0.39, 0.29) is 0 Å². The first-order valence-corrected chi connectivity index (χ1v) is 6.67. The van der Waals surface area contributed by atoms with Gasteiger partial charge in [0.15, 0.2) is 0 Å². The molecule has 1 aliphatic carbocycles. The fourth-order valence-electron chi connectivity index (χ4n) is 2.21. The molecule has 3 heteroatoms. The van der Waals surface area contributed by atoms with Gasteiger partial charge in [-0.3, -0.25) is 0 Å². The Labute approximate surface area is 90.2 Å². The van der Waals surface area contributed by atoms with E-state index >= 15 is 0 Å². The maximum Gasteiger partial charge on any atom is 0.0494 e. The first kappa shape index (κ1) is 10.5. The van der Waals surface area contributed by atoms with Crippen LogP contribution < -0.4 is 5.32 Å². The maximum absolute atomic E-state index is 9.01. The normalized spacial score (nSPS) is 37.6. The van der Waals surface area contributed by atoms with Crippen molar-refractivity contribution in [2.75, 3.05) is 18.1 Å². The lowest BCUT2D eigenvalue weighted by Crippen LogP contribution is -2.40. The van der Waals surface area contributed by atoms with Crippen molar-refractivity contribution in [2.24, 2.45) is 5.92 Å². The largest absolute Gasteiger partial charge is 0.396 e. The number of rotatable bonds is 3. The summed E-state index contributed by atoms with van der Waals surface area (Å²) in [4.78, 5) is 0. The third kappa shape index (κ3) is 2.75. The Morgan fingerprint density at radius 3 is 3.00 bits per heavy atom. The molecule has 1 aliphatic heterocycles. The summed E-state index contributed by atoms with van der Waals surface area (Å²) in [7, 11) is 0. The highest BCUT2D eigenvalue weighted by Crippen LogP contribution is 2.21. The molecular weight excluding hydrogens is 194 g/mol. The molecule has 0 aromatic carbocycles. The number of hydrogen-bond acceptors (Lipinski definition) is 3. The molecule has 1 unspecified atom stereocenters. The van der Waals surface area contributed by atoms with Crippen molar-refractivity contribution in [3.8, 4) is 0 Å². The quantitative estimate of drug-likeness (QED) is 0.695. The first-order valence-electron chi connectivity index (χ1n) is 5.51. The molecular formula is C11H19NOS. The predicted molar refractivity (Wildman–Crippen MR) is 61.6 cm³/mol. The van der Waals surface area contributed by atoms with Gasteiger partial charge in [0.2, 0.25) is 0 Å². The molecule has 2 N–H and O–H groups in total. The van der Waals surface area contributed by atoms with Crippen LogP contribution in [0, 0.1) is 5.92 Å². The second-order valence-corrected chi connectivity index (χ2v) is 5.40. The molecule has 0 saturated carbocycles. The topological polar surface area (TPSA) is 32.3 Å². The standard InChI is InChI=1S/C11H19NOS/c13-7-9-3-4-10(6-9)12-11-2-1-5-14-8-11/h3-4,9-13H,1-2,5-8H2/t9-,10+,11?/m0/s1. The summed E-state index contributed by atoms with van der Waals surface area (Å²) < 4.78 is 0. The van der Waals surface area contributed by atoms with E-state index in [0.717, 1.165) is 6.42 Å². The monoisotopic (exact) mass is 213 g/mol. The van der Waals surface area contributed by atoms with E-state index in [1.165, 1.54) is 24.3 Å². The van der Waals surface area contributed by atoms with Gasteiger partial charge in [0.25, 0.3) is 0 Å². The number of aliphatic hydroxyl groups is 1. The zero-order chi connectivity index (χ0) is 9.80. The molecule has 0 bridgehead atoms. The van der Waals surface area contributed by atoms with Crippen LogP contribution in [0.5, 0.6) is 0 Å². The lowest BCUT2D eigenvalue weighted by molar-refractivity contribution is 0.244. The maximum atomic E-state index is 9.01. The third-order valence-electron chi connectivity index (χ3n) is 3.02. The van der Waals surface area contributed by atoms with Crippen LogP contribution in [0.25, 0.3) is 0 Å². The van der Waals surface area contributed by atoms with Crippen molar-refractivity contribution in [2.45, 2.75) is 31.3 Å². The third-order valence-corrected chi connectivity index (χ3v) is 4.23. The van der Waals surface area contributed by atoms with Crippen molar-refractivity contribution >= 4 is 11.8 Å². The van der Waals surface area contributed by atoms with E-state index in [1.54, 1.807) is 0 Å². The fourth-order valence-corrected chi connectivity index (χ4v) is 3.29. The molecule has 80 valence electrons. The average molecular weight is 213 g/mol. The van der Waals surface area contributed by atoms with Gasteiger partial charge in [-0.2, -0.15) is 11.8 Å². The van der Waals surface area contributed by atoms with Gasteiger partial charge in [0, 0.05) is 30.4 Å². The van der Waals surface area contributed by atoms with Crippen LogP contribution in [-0.2, 0) is 0 Å².